The van der Waals surface area contributed by atoms with Crippen molar-refractivity contribution in [1.82, 2.24) is 15.2 Å². The molecule has 0 bridgehead atoms. The molecule has 26 heavy (non-hydrogen) atoms. The van der Waals surface area contributed by atoms with E-state index >= 15 is 0 Å². The van der Waals surface area contributed by atoms with Gasteiger partial charge in [0.15, 0.2) is 10.1 Å². The number of nitrogens with one attached hydrogen (secondary N) is 2. The SMILES string of the molecule is CC(Sc1nnc(Nc2ccccc2)s1)C(=O)c1c[nH]c2ccccc12. The van der Waals surface area contributed by atoms with Gasteiger partial charge in [-0.15, -0.1) is 10.2 Å². The van der Waals surface area contributed by atoms with Gasteiger partial charge in [0, 0.05) is 28.4 Å². The van der Waals surface area contributed by atoms with Crippen LogP contribution in [0.5, 0.6) is 0 Å². The number of ketones is 1. The number of carbonyl (C=O) groups excluding carboxylic acids is 1. The van der Waals surface area contributed by atoms with Crippen molar-refractivity contribution in [1.29, 1.82) is 0 Å². The molecule has 0 fully saturated rings. The molecule has 0 saturated heterocycles. The smallest absolute Gasteiger partial charge is 0.210 e. The number of benzene rings is 2. The van der Waals surface area contributed by atoms with E-state index in [1.807, 2.05) is 61.5 Å². The minimum Gasteiger partial charge on any atom is -0.360 e. The first kappa shape index (κ1) is 16.8. The molecule has 0 aliphatic carbocycles. The van der Waals surface area contributed by atoms with E-state index in [9.17, 15) is 4.79 Å². The lowest BCUT2D eigenvalue weighted by Gasteiger charge is -2.06. The summed E-state index contributed by atoms with van der Waals surface area (Å²) < 4.78 is 0.768. The standard InChI is InChI=1S/C19H16N4OS2/c1-12(17(24)15-11-20-16-10-6-5-9-14(15)16)25-19-23-22-18(26-19)21-13-7-3-2-4-8-13/h2-12,20H,1H3,(H,21,22). The molecule has 7 heteroatoms. The molecular weight excluding hydrogens is 364 g/mol. The summed E-state index contributed by atoms with van der Waals surface area (Å²) in [6.45, 7) is 1.90. The second-order valence-corrected chi connectivity index (χ2v) is 8.30. The molecule has 1 unspecified atom stereocenters. The summed E-state index contributed by atoms with van der Waals surface area (Å²) in [5.41, 5.74) is 2.65. The lowest BCUT2D eigenvalue weighted by molar-refractivity contribution is 0.0995. The Kier molecular flexibility index (Phi) is 4.73. The van der Waals surface area contributed by atoms with E-state index in [1.165, 1.54) is 23.1 Å². The van der Waals surface area contributed by atoms with E-state index in [4.69, 9.17) is 0 Å². The van der Waals surface area contributed by atoms with Gasteiger partial charge in [0.1, 0.15) is 0 Å². The third kappa shape index (κ3) is 3.49. The van der Waals surface area contributed by atoms with Gasteiger partial charge in [-0.05, 0) is 25.1 Å². The Hall–Kier alpha value is -2.64. The fraction of sp³-hybridized carbons (Fsp3) is 0.105. The van der Waals surface area contributed by atoms with E-state index in [-0.39, 0.29) is 11.0 Å². The van der Waals surface area contributed by atoms with E-state index in [2.05, 4.69) is 20.5 Å². The Morgan fingerprint density at radius 2 is 1.88 bits per heavy atom. The molecule has 2 aromatic heterocycles. The van der Waals surface area contributed by atoms with Crippen molar-refractivity contribution in [3.8, 4) is 0 Å². The van der Waals surface area contributed by atoms with Crippen LogP contribution < -0.4 is 5.32 Å². The Bertz CT molecular complexity index is 1040. The fourth-order valence-corrected chi connectivity index (χ4v) is 4.64. The van der Waals surface area contributed by atoms with Crippen LogP contribution in [0.3, 0.4) is 0 Å². The van der Waals surface area contributed by atoms with Crippen molar-refractivity contribution >= 4 is 50.6 Å². The van der Waals surface area contributed by atoms with E-state index < -0.39 is 0 Å². The van der Waals surface area contributed by atoms with E-state index in [1.54, 1.807) is 6.20 Å². The number of anilines is 2. The minimum absolute atomic E-state index is 0.0835. The average Bonchev–Trinajstić information content (AvgIpc) is 3.29. The molecule has 5 nitrogen and oxygen atoms in total. The van der Waals surface area contributed by atoms with Crippen LogP contribution in [0.1, 0.15) is 17.3 Å². The number of aromatic nitrogens is 3. The molecule has 0 amide bonds. The number of nitrogens with zero attached hydrogens (tertiary/aromatic N) is 2. The van der Waals surface area contributed by atoms with Crippen molar-refractivity contribution < 1.29 is 4.79 Å². The molecule has 2 N–H and O–H groups in total. The van der Waals surface area contributed by atoms with Crippen LogP contribution in [0.4, 0.5) is 10.8 Å². The van der Waals surface area contributed by atoms with Gasteiger partial charge in [0.25, 0.3) is 0 Å². The molecule has 0 saturated carbocycles. The normalized spacial score (nSPS) is 12.2. The van der Waals surface area contributed by atoms with Gasteiger partial charge in [-0.25, -0.2) is 0 Å². The highest BCUT2D eigenvalue weighted by atomic mass is 32.2. The highest BCUT2D eigenvalue weighted by Crippen LogP contribution is 2.32. The number of aromatic amines is 1. The van der Waals surface area contributed by atoms with E-state index in [0.29, 0.717) is 10.7 Å². The number of rotatable bonds is 6. The van der Waals surface area contributed by atoms with Crippen LogP contribution in [-0.2, 0) is 0 Å². The van der Waals surface area contributed by atoms with E-state index in [0.717, 1.165) is 20.9 Å². The second kappa shape index (κ2) is 7.31. The topological polar surface area (TPSA) is 70.7 Å². The number of hydrogen-bond acceptors (Lipinski definition) is 6. The van der Waals surface area contributed by atoms with Crippen molar-refractivity contribution in [2.45, 2.75) is 16.5 Å². The molecule has 0 radical (unpaired) electrons. The summed E-state index contributed by atoms with van der Waals surface area (Å²) >= 11 is 2.88. The molecule has 4 rings (SSSR count). The number of Topliss-reactive ketones (excluding diaryl/α,β-unsaturated/α-hetero) is 1. The third-order valence-electron chi connectivity index (χ3n) is 3.93. The third-order valence-corrected chi connectivity index (χ3v) is 5.96. The molecule has 130 valence electrons. The zero-order chi connectivity index (χ0) is 17.9. The number of fused-ring (bicyclic) bond motifs is 1. The summed E-state index contributed by atoms with van der Waals surface area (Å²) in [5, 5.41) is 13.0. The maximum Gasteiger partial charge on any atom is 0.210 e. The van der Waals surface area contributed by atoms with Crippen LogP contribution >= 0.6 is 23.1 Å². The summed E-state index contributed by atoms with van der Waals surface area (Å²) in [5.74, 6) is 0.0835. The number of thioether (sulfide) groups is 1. The highest BCUT2D eigenvalue weighted by Gasteiger charge is 2.21. The second-order valence-electron chi connectivity index (χ2n) is 5.74. The summed E-state index contributed by atoms with van der Waals surface area (Å²) in [6.07, 6.45) is 1.78. The Morgan fingerprint density at radius 1 is 1.12 bits per heavy atom. The van der Waals surface area contributed by atoms with Crippen molar-refractivity contribution in [3.63, 3.8) is 0 Å². The van der Waals surface area contributed by atoms with Gasteiger partial charge in [0.2, 0.25) is 5.13 Å². The van der Waals surface area contributed by atoms with Gasteiger partial charge in [0.05, 0.1) is 5.25 Å². The maximum absolute atomic E-state index is 12.8. The Morgan fingerprint density at radius 3 is 2.73 bits per heavy atom. The predicted molar refractivity (Wildman–Crippen MR) is 108 cm³/mol. The molecule has 2 heterocycles. The lowest BCUT2D eigenvalue weighted by atomic mass is 10.1. The average molecular weight is 380 g/mol. The first-order valence-corrected chi connectivity index (χ1v) is 9.83. The molecule has 4 aromatic rings. The molecule has 0 spiro atoms. The predicted octanol–water partition coefficient (Wildman–Crippen LogP) is 5.13. The van der Waals surface area contributed by atoms with Crippen LogP contribution in [0.25, 0.3) is 10.9 Å². The van der Waals surface area contributed by atoms with Gasteiger partial charge in [-0.1, -0.05) is 59.5 Å². The Balaban J connectivity index is 1.46. The largest absolute Gasteiger partial charge is 0.360 e. The summed E-state index contributed by atoms with van der Waals surface area (Å²) in [4.78, 5) is 16.0. The molecule has 1 atom stereocenters. The molecule has 2 aromatic carbocycles. The number of hydrogen-bond donors (Lipinski definition) is 2. The first-order chi connectivity index (χ1) is 12.7. The van der Waals surface area contributed by atoms with Gasteiger partial charge < -0.3 is 10.3 Å². The van der Waals surface area contributed by atoms with Gasteiger partial charge >= 0.3 is 0 Å². The monoisotopic (exact) mass is 380 g/mol. The maximum atomic E-state index is 12.8. The first-order valence-electron chi connectivity index (χ1n) is 8.13. The molecule has 0 aliphatic heterocycles. The Labute approximate surface area is 158 Å². The van der Waals surface area contributed by atoms with Crippen molar-refractivity contribution in [2.24, 2.45) is 0 Å². The summed E-state index contributed by atoms with van der Waals surface area (Å²) in [6, 6.07) is 17.6. The number of H-pyrrole nitrogens is 1. The number of para-hydroxylation sites is 2. The zero-order valence-electron chi connectivity index (χ0n) is 14.0. The van der Waals surface area contributed by atoms with Crippen molar-refractivity contribution in [3.05, 3.63) is 66.4 Å². The van der Waals surface area contributed by atoms with Gasteiger partial charge in [-0.3, -0.25) is 4.79 Å². The minimum atomic E-state index is -0.244. The highest BCUT2D eigenvalue weighted by molar-refractivity contribution is 8.02. The fourth-order valence-electron chi connectivity index (χ4n) is 2.65. The molecule has 0 aliphatic rings. The van der Waals surface area contributed by atoms with Crippen molar-refractivity contribution in [2.75, 3.05) is 5.32 Å². The van der Waals surface area contributed by atoms with Crippen LogP contribution in [0, 0.1) is 0 Å². The molecular formula is C19H16N4OS2. The van der Waals surface area contributed by atoms with Crippen LogP contribution in [0.2, 0.25) is 0 Å². The van der Waals surface area contributed by atoms with Gasteiger partial charge in [-0.2, -0.15) is 0 Å². The lowest BCUT2D eigenvalue weighted by Crippen LogP contribution is -2.12. The quantitative estimate of drug-likeness (QED) is 0.359. The van der Waals surface area contributed by atoms with Crippen LogP contribution in [-0.4, -0.2) is 26.2 Å². The van der Waals surface area contributed by atoms with Crippen LogP contribution in [0.15, 0.2) is 65.1 Å². The zero-order valence-corrected chi connectivity index (χ0v) is 15.6. The summed E-state index contributed by atoms with van der Waals surface area (Å²) in [7, 11) is 0. The number of carbonyl (C=O) groups is 1.